The molecule has 17 heavy (non-hydrogen) atoms. The van der Waals surface area contributed by atoms with Gasteiger partial charge in [0.2, 0.25) is 0 Å². The van der Waals surface area contributed by atoms with Crippen molar-refractivity contribution in [2.75, 3.05) is 19.0 Å². The van der Waals surface area contributed by atoms with Gasteiger partial charge >= 0.3 is 0 Å². The first-order valence-corrected chi connectivity index (χ1v) is 7.27. The average molecular weight is 255 g/mol. The minimum absolute atomic E-state index is 0.101. The van der Waals surface area contributed by atoms with Crippen molar-refractivity contribution in [3.8, 4) is 0 Å². The lowest BCUT2D eigenvalue weighted by Crippen LogP contribution is -2.29. The molecule has 0 saturated carbocycles. The van der Waals surface area contributed by atoms with E-state index in [2.05, 4.69) is 0 Å². The first kappa shape index (κ1) is 14.0. The van der Waals surface area contributed by atoms with E-state index in [0.29, 0.717) is 0 Å². The highest BCUT2D eigenvalue weighted by Gasteiger charge is 2.28. The highest BCUT2D eigenvalue weighted by atomic mass is 32.2. The SMILES string of the molecule is CN(C)c1ccc(CS(=O)(=O)C(C)(C)C)cc1. The zero-order valence-electron chi connectivity index (χ0n) is 11.2. The van der Waals surface area contributed by atoms with Crippen LogP contribution < -0.4 is 4.90 Å². The van der Waals surface area contributed by atoms with Crippen molar-refractivity contribution < 1.29 is 8.42 Å². The van der Waals surface area contributed by atoms with Crippen LogP contribution in [0.1, 0.15) is 26.3 Å². The molecule has 0 atom stereocenters. The van der Waals surface area contributed by atoms with Crippen LogP contribution in [0.15, 0.2) is 24.3 Å². The summed E-state index contributed by atoms with van der Waals surface area (Å²) in [6, 6.07) is 7.62. The van der Waals surface area contributed by atoms with Crippen molar-refractivity contribution in [2.24, 2.45) is 0 Å². The molecule has 0 fully saturated rings. The summed E-state index contributed by atoms with van der Waals surface area (Å²) in [5.41, 5.74) is 1.91. The maximum Gasteiger partial charge on any atom is 0.159 e. The minimum atomic E-state index is -3.10. The molecule has 0 aliphatic rings. The molecule has 0 heterocycles. The van der Waals surface area contributed by atoms with Crippen molar-refractivity contribution in [3.63, 3.8) is 0 Å². The molecule has 0 bridgehead atoms. The molecule has 0 unspecified atom stereocenters. The molecule has 0 aromatic heterocycles. The van der Waals surface area contributed by atoms with Gasteiger partial charge in [0, 0.05) is 19.8 Å². The van der Waals surface area contributed by atoms with E-state index in [-0.39, 0.29) is 5.75 Å². The Morgan fingerprint density at radius 3 is 1.88 bits per heavy atom. The first-order chi connectivity index (χ1) is 7.63. The molecule has 0 amide bonds. The van der Waals surface area contributed by atoms with E-state index < -0.39 is 14.6 Å². The largest absolute Gasteiger partial charge is 0.378 e. The van der Waals surface area contributed by atoms with Gasteiger partial charge in [-0.1, -0.05) is 12.1 Å². The molecule has 3 nitrogen and oxygen atoms in total. The highest BCUT2D eigenvalue weighted by molar-refractivity contribution is 7.91. The van der Waals surface area contributed by atoms with Crippen molar-refractivity contribution in [2.45, 2.75) is 31.3 Å². The number of hydrogen-bond donors (Lipinski definition) is 0. The van der Waals surface area contributed by atoms with Gasteiger partial charge in [0.15, 0.2) is 9.84 Å². The van der Waals surface area contributed by atoms with Crippen LogP contribution in [0.5, 0.6) is 0 Å². The number of rotatable bonds is 3. The zero-order valence-corrected chi connectivity index (χ0v) is 12.0. The summed E-state index contributed by atoms with van der Waals surface area (Å²) in [4.78, 5) is 1.99. The maximum atomic E-state index is 12.0. The van der Waals surface area contributed by atoms with E-state index >= 15 is 0 Å². The molecule has 1 rings (SSSR count). The zero-order chi connectivity index (χ0) is 13.3. The molecule has 0 aliphatic carbocycles. The Kier molecular flexibility index (Phi) is 3.87. The van der Waals surface area contributed by atoms with E-state index in [1.165, 1.54) is 0 Å². The summed E-state index contributed by atoms with van der Waals surface area (Å²) in [6.45, 7) is 5.20. The Bertz CT molecular complexity index is 467. The summed E-state index contributed by atoms with van der Waals surface area (Å²) < 4.78 is 23.4. The minimum Gasteiger partial charge on any atom is -0.378 e. The van der Waals surface area contributed by atoms with E-state index in [1.807, 2.05) is 43.3 Å². The summed E-state index contributed by atoms with van der Waals surface area (Å²) >= 11 is 0. The molecule has 0 radical (unpaired) electrons. The first-order valence-electron chi connectivity index (χ1n) is 5.62. The fourth-order valence-electron chi connectivity index (χ4n) is 1.33. The normalized spacial score (nSPS) is 12.5. The Morgan fingerprint density at radius 1 is 1.06 bits per heavy atom. The van der Waals surface area contributed by atoms with Crippen molar-refractivity contribution in [3.05, 3.63) is 29.8 Å². The van der Waals surface area contributed by atoms with Crippen LogP contribution in [0, 0.1) is 0 Å². The van der Waals surface area contributed by atoms with Gasteiger partial charge < -0.3 is 4.90 Å². The summed E-state index contributed by atoms with van der Waals surface area (Å²) in [5, 5.41) is 0. The van der Waals surface area contributed by atoms with Gasteiger partial charge in [-0.2, -0.15) is 0 Å². The second kappa shape index (κ2) is 4.69. The predicted octanol–water partition coefficient (Wildman–Crippen LogP) is 2.47. The second-order valence-corrected chi connectivity index (χ2v) is 8.18. The van der Waals surface area contributed by atoms with Crippen LogP contribution in [-0.2, 0) is 15.6 Å². The summed E-state index contributed by atoms with van der Waals surface area (Å²) in [5.74, 6) is 0.101. The number of hydrogen-bond acceptors (Lipinski definition) is 3. The van der Waals surface area contributed by atoms with Gasteiger partial charge in [-0.3, -0.25) is 0 Å². The number of benzene rings is 1. The lowest BCUT2D eigenvalue weighted by atomic mass is 10.2. The number of nitrogens with zero attached hydrogens (tertiary/aromatic N) is 1. The molecule has 1 aromatic rings. The van der Waals surface area contributed by atoms with Crippen LogP contribution in [-0.4, -0.2) is 27.3 Å². The van der Waals surface area contributed by atoms with Gasteiger partial charge in [0.05, 0.1) is 10.5 Å². The average Bonchev–Trinajstić information content (AvgIpc) is 2.16. The molecular formula is C13H21NO2S. The summed E-state index contributed by atoms with van der Waals surface area (Å²) in [6.07, 6.45) is 0. The fourth-order valence-corrected chi connectivity index (χ4v) is 2.39. The van der Waals surface area contributed by atoms with E-state index in [0.717, 1.165) is 11.3 Å². The summed E-state index contributed by atoms with van der Waals surface area (Å²) in [7, 11) is 0.821. The van der Waals surface area contributed by atoms with Crippen LogP contribution in [0.2, 0.25) is 0 Å². The third-order valence-corrected chi connectivity index (χ3v) is 5.32. The monoisotopic (exact) mass is 255 g/mol. The lowest BCUT2D eigenvalue weighted by molar-refractivity contribution is 0.559. The van der Waals surface area contributed by atoms with E-state index in [9.17, 15) is 8.42 Å². The predicted molar refractivity (Wildman–Crippen MR) is 73.1 cm³/mol. The van der Waals surface area contributed by atoms with Gasteiger partial charge in [-0.15, -0.1) is 0 Å². The fraction of sp³-hybridized carbons (Fsp3) is 0.538. The van der Waals surface area contributed by atoms with Crippen LogP contribution in [0.4, 0.5) is 5.69 Å². The third kappa shape index (κ3) is 3.46. The number of sulfone groups is 1. The quantitative estimate of drug-likeness (QED) is 0.832. The molecule has 0 aliphatic heterocycles. The smallest absolute Gasteiger partial charge is 0.159 e. The topological polar surface area (TPSA) is 37.4 Å². The molecule has 0 N–H and O–H groups in total. The molecule has 1 aromatic carbocycles. The molecule has 0 saturated heterocycles. The van der Waals surface area contributed by atoms with Gasteiger partial charge in [0.25, 0.3) is 0 Å². The van der Waals surface area contributed by atoms with Gasteiger partial charge in [0.1, 0.15) is 0 Å². The molecule has 0 spiro atoms. The van der Waals surface area contributed by atoms with Crippen LogP contribution in [0.3, 0.4) is 0 Å². The number of anilines is 1. The second-order valence-electron chi connectivity index (χ2n) is 5.43. The molecular weight excluding hydrogens is 234 g/mol. The Hall–Kier alpha value is -1.03. The molecule has 96 valence electrons. The van der Waals surface area contributed by atoms with Gasteiger partial charge in [-0.25, -0.2) is 8.42 Å². The van der Waals surface area contributed by atoms with Crippen LogP contribution in [0.25, 0.3) is 0 Å². The highest BCUT2D eigenvalue weighted by Crippen LogP contribution is 2.21. The Morgan fingerprint density at radius 2 is 1.53 bits per heavy atom. The van der Waals surface area contributed by atoms with Crippen LogP contribution >= 0.6 is 0 Å². The van der Waals surface area contributed by atoms with E-state index in [4.69, 9.17) is 0 Å². The van der Waals surface area contributed by atoms with Crippen molar-refractivity contribution in [1.82, 2.24) is 0 Å². The van der Waals surface area contributed by atoms with Crippen molar-refractivity contribution in [1.29, 1.82) is 0 Å². The van der Waals surface area contributed by atoms with E-state index in [1.54, 1.807) is 20.8 Å². The Labute approximate surface area is 104 Å². The standard InChI is InChI=1S/C13H21NO2S/c1-13(2,3)17(15,16)10-11-6-8-12(9-7-11)14(4)5/h6-9H,10H2,1-5H3. The molecule has 4 heteroatoms. The Balaban J connectivity index is 2.91. The third-order valence-electron chi connectivity index (χ3n) is 2.74. The van der Waals surface area contributed by atoms with Crippen molar-refractivity contribution >= 4 is 15.5 Å². The maximum absolute atomic E-state index is 12.0. The van der Waals surface area contributed by atoms with Gasteiger partial charge in [-0.05, 0) is 38.5 Å². The lowest BCUT2D eigenvalue weighted by Gasteiger charge is -2.19.